The molecule has 0 aliphatic heterocycles. The fourth-order valence-corrected chi connectivity index (χ4v) is 1.46. The summed E-state index contributed by atoms with van der Waals surface area (Å²) in [5.74, 6) is 1.35. The third kappa shape index (κ3) is 3.31. The summed E-state index contributed by atoms with van der Waals surface area (Å²) in [6.07, 6.45) is 3.50. The van der Waals surface area contributed by atoms with E-state index in [1.807, 2.05) is 30.3 Å². The lowest BCUT2D eigenvalue weighted by Crippen LogP contribution is -2.03. The van der Waals surface area contributed by atoms with Crippen molar-refractivity contribution < 1.29 is 0 Å². The molecule has 4 nitrogen and oxygen atoms in total. The molecule has 0 saturated heterocycles. The van der Waals surface area contributed by atoms with Gasteiger partial charge >= 0.3 is 0 Å². The summed E-state index contributed by atoms with van der Waals surface area (Å²) in [6, 6.07) is 9.92. The Morgan fingerprint density at radius 2 is 2.00 bits per heavy atom. The van der Waals surface area contributed by atoms with Gasteiger partial charge in [-0.1, -0.05) is 23.8 Å². The van der Waals surface area contributed by atoms with Crippen LogP contribution in [0.1, 0.15) is 5.56 Å². The van der Waals surface area contributed by atoms with Gasteiger partial charge in [-0.05, 0) is 25.1 Å². The maximum atomic E-state index is 4.35. The summed E-state index contributed by atoms with van der Waals surface area (Å²) in [6.45, 7) is 6.39. The minimum absolute atomic E-state index is 0.577. The minimum atomic E-state index is 0.577. The number of benzene rings is 1. The van der Waals surface area contributed by atoms with Crippen LogP contribution in [0, 0.1) is 6.92 Å². The number of hydrogen-bond acceptors (Lipinski definition) is 4. The summed E-state index contributed by atoms with van der Waals surface area (Å²) in [5, 5.41) is 6.28. The molecule has 0 amide bonds. The van der Waals surface area contributed by atoms with Gasteiger partial charge < -0.3 is 10.6 Å². The van der Waals surface area contributed by atoms with E-state index in [9.17, 15) is 0 Å². The lowest BCUT2D eigenvalue weighted by Gasteiger charge is -2.07. The fraction of sp³-hybridized carbons (Fsp3) is 0.143. The Morgan fingerprint density at radius 1 is 1.22 bits per heavy atom. The largest absolute Gasteiger partial charge is 0.366 e. The number of rotatable bonds is 5. The first-order valence-electron chi connectivity index (χ1n) is 5.79. The minimum Gasteiger partial charge on any atom is -0.366 e. The van der Waals surface area contributed by atoms with Crippen LogP contribution in [-0.4, -0.2) is 16.5 Å². The quantitative estimate of drug-likeness (QED) is 0.788. The van der Waals surface area contributed by atoms with E-state index in [4.69, 9.17) is 0 Å². The zero-order chi connectivity index (χ0) is 12.8. The molecule has 1 aromatic heterocycles. The Bertz CT molecular complexity index is 520. The van der Waals surface area contributed by atoms with Gasteiger partial charge in [-0.15, -0.1) is 6.58 Å². The highest BCUT2D eigenvalue weighted by Gasteiger charge is 1.99. The summed E-state index contributed by atoms with van der Waals surface area (Å²) in [7, 11) is 0. The second-order valence-electron chi connectivity index (χ2n) is 3.93. The molecule has 18 heavy (non-hydrogen) atoms. The van der Waals surface area contributed by atoms with Crippen molar-refractivity contribution in [3.05, 3.63) is 54.7 Å². The predicted molar refractivity (Wildman–Crippen MR) is 75.2 cm³/mol. The average molecular weight is 240 g/mol. The van der Waals surface area contributed by atoms with Gasteiger partial charge in [0.05, 0.1) is 0 Å². The van der Waals surface area contributed by atoms with Gasteiger partial charge in [-0.2, -0.15) is 4.98 Å². The highest BCUT2D eigenvalue weighted by Crippen LogP contribution is 2.14. The molecule has 0 spiro atoms. The van der Waals surface area contributed by atoms with Crippen LogP contribution in [0.2, 0.25) is 0 Å². The van der Waals surface area contributed by atoms with Crippen LogP contribution in [0.3, 0.4) is 0 Å². The number of nitrogens with zero attached hydrogens (tertiary/aromatic N) is 2. The van der Waals surface area contributed by atoms with Gasteiger partial charge in [0.15, 0.2) is 0 Å². The monoisotopic (exact) mass is 240 g/mol. The van der Waals surface area contributed by atoms with Crippen molar-refractivity contribution in [2.75, 3.05) is 17.2 Å². The maximum absolute atomic E-state index is 4.35. The van der Waals surface area contributed by atoms with E-state index < -0.39 is 0 Å². The van der Waals surface area contributed by atoms with Crippen molar-refractivity contribution in [1.29, 1.82) is 0 Å². The first-order chi connectivity index (χ1) is 8.78. The van der Waals surface area contributed by atoms with E-state index in [0.717, 1.165) is 11.5 Å². The van der Waals surface area contributed by atoms with Crippen LogP contribution in [-0.2, 0) is 0 Å². The summed E-state index contributed by atoms with van der Waals surface area (Å²) < 4.78 is 0. The van der Waals surface area contributed by atoms with Gasteiger partial charge in [0.2, 0.25) is 5.95 Å². The molecular formula is C14H16N4. The highest BCUT2D eigenvalue weighted by atomic mass is 15.1. The number of hydrogen-bond donors (Lipinski definition) is 2. The van der Waals surface area contributed by atoms with E-state index >= 15 is 0 Å². The van der Waals surface area contributed by atoms with Gasteiger partial charge in [0.25, 0.3) is 0 Å². The van der Waals surface area contributed by atoms with Crippen molar-refractivity contribution >= 4 is 17.5 Å². The van der Waals surface area contributed by atoms with Crippen LogP contribution in [0.4, 0.5) is 17.5 Å². The summed E-state index contributed by atoms with van der Waals surface area (Å²) >= 11 is 0. The molecule has 0 aliphatic rings. The number of aromatic nitrogens is 2. The van der Waals surface area contributed by atoms with E-state index in [-0.39, 0.29) is 0 Å². The molecule has 4 heteroatoms. The topological polar surface area (TPSA) is 49.8 Å². The zero-order valence-electron chi connectivity index (χ0n) is 10.4. The van der Waals surface area contributed by atoms with Crippen molar-refractivity contribution in [1.82, 2.24) is 9.97 Å². The van der Waals surface area contributed by atoms with Crippen LogP contribution >= 0.6 is 0 Å². The molecule has 2 rings (SSSR count). The number of anilines is 3. The van der Waals surface area contributed by atoms with Gasteiger partial charge in [0, 0.05) is 18.4 Å². The molecule has 2 aromatic rings. The van der Waals surface area contributed by atoms with Crippen molar-refractivity contribution in [3.63, 3.8) is 0 Å². The van der Waals surface area contributed by atoms with Crippen LogP contribution < -0.4 is 10.6 Å². The molecule has 0 fully saturated rings. The SMILES string of the molecule is C=CCNc1ccnc(Nc2ccc(C)cc2)n1. The van der Waals surface area contributed by atoms with E-state index in [1.54, 1.807) is 12.3 Å². The summed E-state index contributed by atoms with van der Waals surface area (Å²) in [4.78, 5) is 8.52. The Balaban J connectivity index is 2.08. The van der Waals surface area contributed by atoms with Crippen LogP contribution in [0.15, 0.2) is 49.2 Å². The van der Waals surface area contributed by atoms with Crippen molar-refractivity contribution in [2.24, 2.45) is 0 Å². The molecule has 0 atom stereocenters. The maximum Gasteiger partial charge on any atom is 0.229 e. The van der Waals surface area contributed by atoms with Crippen molar-refractivity contribution in [2.45, 2.75) is 6.92 Å². The Kier molecular flexibility index (Phi) is 3.91. The lowest BCUT2D eigenvalue weighted by molar-refractivity contribution is 1.14. The zero-order valence-corrected chi connectivity index (χ0v) is 10.4. The lowest BCUT2D eigenvalue weighted by atomic mass is 10.2. The molecule has 92 valence electrons. The molecule has 0 unspecified atom stereocenters. The predicted octanol–water partition coefficient (Wildman–Crippen LogP) is 3.13. The van der Waals surface area contributed by atoms with Gasteiger partial charge in [-0.25, -0.2) is 4.98 Å². The third-order valence-electron chi connectivity index (χ3n) is 2.39. The first-order valence-corrected chi connectivity index (χ1v) is 5.79. The van der Waals surface area contributed by atoms with Crippen LogP contribution in [0.25, 0.3) is 0 Å². The highest BCUT2D eigenvalue weighted by molar-refractivity contribution is 5.55. The molecule has 0 aliphatic carbocycles. The molecule has 0 saturated carbocycles. The summed E-state index contributed by atoms with van der Waals surface area (Å²) in [5.41, 5.74) is 2.20. The molecule has 0 radical (unpaired) electrons. The molecule has 0 bridgehead atoms. The molecular weight excluding hydrogens is 224 g/mol. The average Bonchev–Trinajstić information content (AvgIpc) is 2.40. The Morgan fingerprint density at radius 3 is 2.72 bits per heavy atom. The van der Waals surface area contributed by atoms with Gasteiger partial charge in [0.1, 0.15) is 5.82 Å². The third-order valence-corrected chi connectivity index (χ3v) is 2.39. The smallest absolute Gasteiger partial charge is 0.229 e. The Labute approximate surface area is 107 Å². The number of aryl methyl sites for hydroxylation is 1. The van der Waals surface area contributed by atoms with E-state index in [2.05, 4.69) is 34.1 Å². The second kappa shape index (κ2) is 5.82. The number of nitrogens with one attached hydrogen (secondary N) is 2. The van der Waals surface area contributed by atoms with Crippen LogP contribution in [0.5, 0.6) is 0 Å². The normalized spacial score (nSPS) is 9.83. The Hall–Kier alpha value is -2.36. The first kappa shape index (κ1) is 12.1. The van der Waals surface area contributed by atoms with Crippen molar-refractivity contribution in [3.8, 4) is 0 Å². The molecule has 1 aromatic carbocycles. The second-order valence-corrected chi connectivity index (χ2v) is 3.93. The van der Waals surface area contributed by atoms with Gasteiger partial charge in [-0.3, -0.25) is 0 Å². The fourth-order valence-electron chi connectivity index (χ4n) is 1.46. The van der Waals surface area contributed by atoms with E-state index in [1.165, 1.54) is 5.56 Å². The standard InChI is InChI=1S/C14H16N4/c1-3-9-15-13-8-10-16-14(18-13)17-12-6-4-11(2)5-7-12/h3-8,10H,1,9H2,2H3,(H2,15,16,17,18). The van der Waals surface area contributed by atoms with E-state index in [0.29, 0.717) is 12.5 Å². The molecule has 2 N–H and O–H groups in total. The molecule has 1 heterocycles.